The molecule has 0 N–H and O–H groups in total. The first-order chi connectivity index (χ1) is 17.5. The minimum Gasteiger partial charge on any atom is -0.490 e. The number of imide groups is 1. The summed E-state index contributed by atoms with van der Waals surface area (Å²) in [5.74, 6) is 0.0207. The lowest BCUT2D eigenvalue weighted by atomic mass is 10.2. The molecule has 0 unspecified atom stereocenters. The van der Waals surface area contributed by atoms with Crippen molar-refractivity contribution in [2.75, 3.05) is 31.1 Å². The molecule has 9 nitrogen and oxygen atoms in total. The van der Waals surface area contributed by atoms with E-state index in [1.807, 2.05) is 0 Å². The predicted octanol–water partition coefficient (Wildman–Crippen LogP) is 3.35. The average molecular weight is 539 g/mol. The summed E-state index contributed by atoms with van der Waals surface area (Å²) in [6.45, 7) is 3.39. The maximum absolute atomic E-state index is 13.4. The molecule has 13 heteroatoms. The number of urea groups is 1. The highest BCUT2D eigenvalue weighted by atomic mass is 32.2. The number of rotatable bonds is 8. The van der Waals surface area contributed by atoms with E-state index in [0.717, 1.165) is 48.8 Å². The summed E-state index contributed by atoms with van der Waals surface area (Å²) in [6.07, 6.45) is 6.38. The number of amides is 3. The predicted molar refractivity (Wildman–Crippen MR) is 125 cm³/mol. The Bertz CT molecular complexity index is 1310. The molecule has 37 heavy (non-hydrogen) atoms. The summed E-state index contributed by atoms with van der Waals surface area (Å²) in [7, 11) is -5.55. The van der Waals surface area contributed by atoms with Crippen LogP contribution in [0.25, 0.3) is 0 Å². The number of carbonyl (C=O) groups excluding carboxylic acids is 2. The van der Waals surface area contributed by atoms with Crippen LogP contribution in [0.15, 0.2) is 47.6 Å². The molecule has 2 aliphatic heterocycles. The van der Waals surface area contributed by atoms with Crippen molar-refractivity contribution in [1.82, 2.24) is 14.8 Å². The summed E-state index contributed by atoms with van der Waals surface area (Å²) in [5, 5.41) is 0. The zero-order valence-corrected chi connectivity index (χ0v) is 20.6. The van der Waals surface area contributed by atoms with Gasteiger partial charge < -0.3 is 9.64 Å². The second-order valence-electron chi connectivity index (χ2n) is 9.36. The number of hydrogen-bond donors (Lipinski definition) is 0. The van der Waals surface area contributed by atoms with Crippen LogP contribution in [0.3, 0.4) is 0 Å². The molecule has 1 aliphatic carbocycles. The Morgan fingerprint density at radius 3 is 2.32 bits per heavy atom. The number of ether oxygens (including phenoxy) is 1. The van der Waals surface area contributed by atoms with E-state index in [-0.39, 0.29) is 12.2 Å². The molecule has 3 amide bonds. The molecule has 0 bridgehead atoms. The van der Waals surface area contributed by atoms with Gasteiger partial charge in [0, 0.05) is 18.3 Å². The van der Waals surface area contributed by atoms with Crippen LogP contribution in [0.1, 0.15) is 31.2 Å². The first-order valence-corrected chi connectivity index (χ1v) is 13.4. The summed E-state index contributed by atoms with van der Waals surface area (Å²) >= 11 is 0. The Morgan fingerprint density at radius 1 is 1.03 bits per heavy atom. The lowest BCUT2D eigenvalue weighted by molar-refractivity contribution is -0.120. The van der Waals surface area contributed by atoms with Crippen LogP contribution in [0.4, 0.5) is 23.7 Å². The number of pyridine rings is 1. The van der Waals surface area contributed by atoms with Crippen LogP contribution in [-0.2, 0) is 21.2 Å². The minimum absolute atomic E-state index is 0.00159. The minimum atomic E-state index is -5.55. The number of likely N-dealkylation sites (tertiary alicyclic amines) is 1. The van der Waals surface area contributed by atoms with Gasteiger partial charge in [-0.05, 0) is 69.1 Å². The molecule has 1 spiro atoms. The Morgan fingerprint density at radius 2 is 1.70 bits per heavy atom. The topological polar surface area (TPSA) is 100 Å². The number of anilines is 1. The Hall–Kier alpha value is -3.19. The van der Waals surface area contributed by atoms with Gasteiger partial charge in [0.2, 0.25) is 0 Å². The molecule has 2 saturated heterocycles. The highest BCUT2D eigenvalue weighted by Crippen LogP contribution is 2.50. The molecule has 0 atom stereocenters. The van der Waals surface area contributed by atoms with E-state index in [4.69, 9.17) is 4.74 Å². The van der Waals surface area contributed by atoms with Crippen molar-refractivity contribution in [3.63, 3.8) is 0 Å². The number of alkyl halides is 3. The van der Waals surface area contributed by atoms with Crippen molar-refractivity contribution in [2.45, 2.75) is 48.2 Å². The van der Waals surface area contributed by atoms with Gasteiger partial charge in [-0.25, -0.2) is 18.1 Å². The van der Waals surface area contributed by atoms with Gasteiger partial charge in [0.05, 0.1) is 23.3 Å². The van der Waals surface area contributed by atoms with Gasteiger partial charge >= 0.3 is 11.5 Å². The third-order valence-corrected chi connectivity index (χ3v) is 8.54. The fourth-order valence-electron chi connectivity index (χ4n) is 4.80. The largest absolute Gasteiger partial charge is 0.501 e. The smallest absolute Gasteiger partial charge is 0.490 e. The molecule has 0 radical (unpaired) electrons. The second-order valence-corrected chi connectivity index (χ2v) is 11.3. The SMILES string of the molecule is O=C1N(c2ccc(S(=O)(=O)C(F)(F)F)cc2)C(=O)C2(CC2)N1Cc1ccncc1OCCN1CCCC1. The number of aromatic nitrogens is 1. The second kappa shape index (κ2) is 9.28. The maximum atomic E-state index is 13.4. The first kappa shape index (κ1) is 25.5. The summed E-state index contributed by atoms with van der Waals surface area (Å²) in [4.78, 5) is 34.4. The molecule has 5 rings (SSSR count). The van der Waals surface area contributed by atoms with Crippen LogP contribution in [-0.4, -0.2) is 72.4 Å². The Kier molecular flexibility index (Phi) is 6.39. The quantitative estimate of drug-likeness (QED) is 0.475. The van der Waals surface area contributed by atoms with E-state index >= 15 is 0 Å². The van der Waals surface area contributed by atoms with Crippen LogP contribution < -0.4 is 9.64 Å². The molecule has 3 heterocycles. The first-order valence-electron chi connectivity index (χ1n) is 11.9. The highest BCUT2D eigenvalue weighted by Gasteiger charge is 2.65. The van der Waals surface area contributed by atoms with Gasteiger partial charge in [-0.1, -0.05) is 0 Å². The summed E-state index contributed by atoms with van der Waals surface area (Å²) in [6, 6.07) is 4.65. The number of halogens is 3. The van der Waals surface area contributed by atoms with E-state index < -0.39 is 37.7 Å². The third kappa shape index (κ3) is 4.54. The van der Waals surface area contributed by atoms with E-state index in [9.17, 15) is 31.2 Å². The van der Waals surface area contributed by atoms with Gasteiger partial charge in [0.1, 0.15) is 17.9 Å². The van der Waals surface area contributed by atoms with E-state index in [1.165, 1.54) is 17.7 Å². The van der Waals surface area contributed by atoms with Crippen molar-refractivity contribution in [1.29, 1.82) is 0 Å². The molecule has 1 saturated carbocycles. The molecule has 1 aromatic carbocycles. The standard InChI is InChI=1S/C24H25F3N4O5S/c25-24(26,27)37(34,35)19-5-3-18(4-6-19)31-21(32)23(8-9-23)30(22(31)33)16-17-7-10-28-15-20(17)36-14-13-29-11-1-2-12-29/h3-7,10,15H,1-2,8-9,11-14,16H2. The Labute approximate surface area is 211 Å². The maximum Gasteiger partial charge on any atom is 0.501 e. The van der Waals surface area contributed by atoms with Crippen LogP contribution in [0, 0.1) is 0 Å². The number of benzene rings is 1. The van der Waals surface area contributed by atoms with Gasteiger partial charge in [-0.2, -0.15) is 13.2 Å². The van der Waals surface area contributed by atoms with Crippen LogP contribution in [0.2, 0.25) is 0 Å². The number of nitrogens with zero attached hydrogens (tertiary/aromatic N) is 4. The fraction of sp³-hybridized carbons (Fsp3) is 0.458. The lowest BCUT2D eigenvalue weighted by Crippen LogP contribution is -2.36. The number of carbonyl (C=O) groups is 2. The van der Waals surface area contributed by atoms with Gasteiger partial charge in [-0.15, -0.1) is 0 Å². The summed E-state index contributed by atoms with van der Waals surface area (Å²) < 4.78 is 67.9. The van der Waals surface area contributed by atoms with E-state index in [1.54, 1.807) is 18.5 Å². The molecular weight excluding hydrogens is 513 g/mol. The van der Waals surface area contributed by atoms with Crippen molar-refractivity contribution in [3.05, 3.63) is 48.3 Å². The molecule has 3 aliphatic rings. The zero-order valence-electron chi connectivity index (χ0n) is 19.8. The van der Waals surface area contributed by atoms with Gasteiger partial charge in [0.15, 0.2) is 0 Å². The van der Waals surface area contributed by atoms with Crippen molar-refractivity contribution < 1.29 is 35.9 Å². The normalized spacial score (nSPS) is 19.8. The van der Waals surface area contributed by atoms with Crippen molar-refractivity contribution in [2.24, 2.45) is 0 Å². The van der Waals surface area contributed by atoms with E-state index in [0.29, 0.717) is 30.8 Å². The average Bonchev–Trinajstić information content (AvgIpc) is 3.44. The monoisotopic (exact) mass is 538 g/mol. The van der Waals surface area contributed by atoms with Gasteiger partial charge in [0.25, 0.3) is 15.7 Å². The number of hydrogen-bond acceptors (Lipinski definition) is 7. The Balaban J connectivity index is 1.34. The molecule has 2 aromatic rings. The molecule has 1 aromatic heterocycles. The van der Waals surface area contributed by atoms with Gasteiger partial charge in [-0.3, -0.25) is 14.7 Å². The van der Waals surface area contributed by atoms with Crippen LogP contribution in [0.5, 0.6) is 5.75 Å². The molecule has 3 fully saturated rings. The zero-order chi connectivity index (χ0) is 26.4. The van der Waals surface area contributed by atoms with Crippen molar-refractivity contribution in [3.8, 4) is 5.75 Å². The molecule has 198 valence electrons. The fourth-order valence-corrected chi connectivity index (χ4v) is 5.56. The highest BCUT2D eigenvalue weighted by molar-refractivity contribution is 7.92. The van der Waals surface area contributed by atoms with Crippen molar-refractivity contribution >= 4 is 27.5 Å². The van der Waals surface area contributed by atoms with Crippen LogP contribution >= 0.6 is 0 Å². The number of sulfone groups is 1. The van der Waals surface area contributed by atoms with E-state index in [2.05, 4.69) is 9.88 Å². The summed E-state index contributed by atoms with van der Waals surface area (Å²) in [5.41, 5.74) is -5.82. The lowest BCUT2D eigenvalue weighted by Gasteiger charge is -2.23. The third-order valence-electron chi connectivity index (χ3n) is 7.04. The molecular formula is C24H25F3N4O5S.